The Bertz CT molecular complexity index is 224. The Hall–Kier alpha value is 1.85. The minimum atomic E-state index is -1.42. The largest absolute Gasteiger partial charge is 0.455 e. The molecule has 0 unspecified atom stereocenters. The first-order chi connectivity index (χ1) is 9.83. The molecule has 0 N–H and O–H groups in total. The summed E-state index contributed by atoms with van der Waals surface area (Å²) in [6.07, 6.45) is 11.2. The molecule has 0 aliphatic heterocycles. The van der Waals surface area contributed by atoms with Gasteiger partial charge in [0.15, 0.2) is 16.6 Å². The minimum Gasteiger partial charge on any atom is -0.455 e. The third-order valence-electron chi connectivity index (χ3n) is 3.88. The highest BCUT2D eigenvalue weighted by Gasteiger charge is 2.31. The molecule has 0 aromatic rings. The lowest BCUT2D eigenvalue weighted by atomic mass is 10.2. The van der Waals surface area contributed by atoms with Crippen LogP contribution in [0.2, 0.25) is 38.3 Å². The molecule has 128 valence electrons. The van der Waals surface area contributed by atoms with E-state index in [9.17, 15) is 0 Å². The topological polar surface area (TPSA) is 9.23 Å². The van der Waals surface area contributed by atoms with Crippen LogP contribution in [0.3, 0.4) is 0 Å². The molecule has 21 heavy (non-hydrogen) atoms. The molecule has 0 aliphatic rings. The maximum absolute atomic E-state index is 6.71. The third kappa shape index (κ3) is 15.1. The van der Waals surface area contributed by atoms with Crippen molar-refractivity contribution in [3.8, 4) is 0 Å². The van der Waals surface area contributed by atoms with Gasteiger partial charge in [-0.1, -0.05) is 83.7 Å². The van der Waals surface area contributed by atoms with Crippen molar-refractivity contribution in [2.45, 2.75) is 89.6 Å². The van der Waals surface area contributed by atoms with Gasteiger partial charge in [-0.2, -0.15) is 0 Å². The van der Waals surface area contributed by atoms with E-state index >= 15 is 0 Å². The van der Waals surface area contributed by atoms with Gasteiger partial charge < -0.3 is 4.12 Å². The summed E-state index contributed by atoms with van der Waals surface area (Å²) in [7, 11) is -2.83. The number of halogens is 2. The Labute approximate surface area is 163 Å². The van der Waals surface area contributed by atoms with Crippen LogP contribution in [0.15, 0.2) is 0 Å². The molecule has 0 atom stereocenters. The Morgan fingerprint density at radius 3 is 1.24 bits per heavy atom. The number of alkyl halides is 2. The zero-order chi connectivity index (χ0) is 16.2. The summed E-state index contributed by atoms with van der Waals surface area (Å²) >= 11 is 4.97. The van der Waals surface area contributed by atoms with Crippen LogP contribution in [0.4, 0.5) is 0 Å². The average Bonchev–Trinajstić information content (AvgIpc) is 2.36. The van der Waals surface area contributed by atoms with Gasteiger partial charge in [0.1, 0.15) is 0 Å². The average molecular weight is 554 g/mol. The molecular formula is C16H36I2OSi2. The number of unbranched alkanes of at least 4 members (excludes halogenated alkanes) is 6. The van der Waals surface area contributed by atoms with Crippen molar-refractivity contribution in [2.24, 2.45) is 0 Å². The second kappa shape index (κ2) is 13.2. The predicted octanol–water partition coefficient (Wildman–Crippen LogP) is 7.40. The third-order valence-corrected chi connectivity index (χ3v) is 12.9. The smallest absolute Gasteiger partial charge is 0.173 e. The van der Waals surface area contributed by atoms with Gasteiger partial charge in [-0.3, -0.25) is 0 Å². The van der Waals surface area contributed by atoms with Gasteiger partial charge in [-0.15, -0.1) is 0 Å². The predicted molar refractivity (Wildman–Crippen MR) is 120 cm³/mol. The van der Waals surface area contributed by atoms with E-state index in [4.69, 9.17) is 4.12 Å². The van der Waals surface area contributed by atoms with Crippen molar-refractivity contribution in [2.75, 3.05) is 8.86 Å². The van der Waals surface area contributed by atoms with Crippen LogP contribution in [-0.4, -0.2) is 25.5 Å². The van der Waals surface area contributed by atoms with Crippen molar-refractivity contribution < 1.29 is 4.12 Å². The van der Waals surface area contributed by atoms with Crippen molar-refractivity contribution in [3.05, 3.63) is 0 Å². The van der Waals surface area contributed by atoms with Crippen LogP contribution in [0, 0.1) is 0 Å². The first kappa shape index (κ1) is 22.9. The standard InChI is InChI=1S/C16H36I2OSi2/c1-20(2,15-11-7-5-9-13-17)19-21(3,4)16-12-8-6-10-14-18/h5-16H2,1-4H3. The van der Waals surface area contributed by atoms with E-state index < -0.39 is 16.6 Å². The molecule has 0 heterocycles. The Balaban J connectivity index is 3.87. The van der Waals surface area contributed by atoms with E-state index in [1.54, 1.807) is 0 Å². The summed E-state index contributed by atoms with van der Waals surface area (Å²) in [6.45, 7) is 9.76. The molecule has 0 aromatic heterocycles. The maximum atomic E-state index is 6.71. The second-order valence-electron chi connectivity index (χ2n) is 7.33. The fourth-order valence-electron chi connectivity index (χ4n) is 2.85. The highest BCUT2D eigenvalue weighted by molar-refractivity contribution is 14.1. The molecule has 0 radical (unpaired) electrons. The van der Waals surface area contributed by atoms with Crippen molar-refractivity contribution >= 4 is 61.8 Å². The quantitative estimate of drug-likeness (QED) is 0.0941. The fraction of sp³-hybridized carbons (Fsp3) is 1.00. The van der Waals surface area contributed by atoms with Crippen molar-refractivity contribution in [1.82, 2.24) is 0 Å². The molecule has 0 fully saturated rings. The van der Waals surface area contributed by atoms with E-state index in [0.717, 1.165) is 0 Å². The van der Waals surface area contributed by atoms with Crippen LogP contribution in [0.25, 0.3) is 0 Å². The van der Waals surface area contributed by atoms with Gasteiger partial charge in [0.25, 0.3) is 0 Å². The first-order valence-corrected chi connectivity index (χ1v) is 17.9. The molecule has 0 saturated heterocycles. The highest BCUT2D eigenvalue weighted by Crippen LogP contribution is 2.25. The molecule has 1 nitrogen and oxygen atoms in total. The first-order valence-electron chi connectivity index (χ1n) is 8.65. The Kier molecular flexibility index (Phi) is 14.3. The molecule has 0 saturated carbocycles. The molecule has 0 amide bonds. The molecule has 0 rings (SSSR count). The summed E-state index contributed by atoms with van der Waals surface area (Å²) in [5.41, 5.74) is 0. The Morgan fingerprint density at radius 1 is 0.571 bits per heavy atom. The highest BCUT2D eigenvalue weighted by atomic mass is 127. The Morgan fingerprint density at radius 2 is 0.905 bits per heavy atom. The van der Waals surface area contributed by atoms with E-state index in [2.05, 4.69) is 71.4 Å². The van der Waals surface area contributed by atoms with Crippen molar-refractivity contribution in [3.63, 3.8) is 0 Å². The summed E-state index contributed by atoms with van der Waals surface area (Å²) in [5, 5.41) is 0. The number of hydrogen-bond acceptors (Lipinski definition) is 1. The summed E-state index contributed by atoms with van der Waals surface area (Å²) < 4.78 is 9.34. The zero-order valence-electron chi connectivity index (χ0n) is 14.6. The van der Waals surface area contributed by atoms with E-state index in [-0.39, 0.29) is 0 Å². The van der Waals surface area contributed by atoms with E-state index in [1.807, 2.05) is 0 Å². The fourth-order valence-corrected chi connectivity index (χ4v) is 12.9. The van der Waals surface area contributed by atoms with Gasteiger partial charge in [0.05, 0.1) is 0 Å². The van der Waals surface area contributed by atoms with Crippen LogP contribution in [0.5, 0.6) is 0 Å². The molecule has 0 aliphatic carbocycles. The molecule has 0 spiro atoms. The van der Waals surface area contributed by atoms with Crippen LogP contribution in [-0.2, 0) is 4.12 Å². The summed E-state index contributed by atoms with van der Waals surface area (Å²) in [6, 6.07) is 2.72. The summed E-state index contributed by atoms with van der Waals surface area (Å²) in [5.74, 6) is 0. The molecule has 5 heteroatoms. The van der Waals surface area contributed by atoms with Crippen molar-refractivity contribution in [1.29, 1.82) is 0 Å². The summed E-state index contributed by atoms with van der Waals surface area (Å²) in [4.78, 5) is 0. The van der Waals surface area contributed by atoms with Gasteiger partial charge >= 0.3 is 0 Å². The van der Waals surface area contributed by atoms with Crippen LogP contribution in [0.1, 0.15) is 51.4 Å². The van der Waals surface area contributed by atoms with Gasteiger partial charge in [-0.25, -0.2) is 0 Å². The normalized spacial score (nSPS) is 12.9. The van der Waals surface area contributed by atoms with Gasteiger partial charge in [0, 0.05) is 0 Å². The monoisotopic (exact) mass is 554 g/mol. The minimum absolute atomic E-state index is 1.31. The van der Waals surface area contributed by atoms with Crippen LogP contribution >= 0.6 is 45.2 Å². The molecular weight excluding hydrogens is 518 g/mol. The zero-order valence-corrected chi connectivity index (χ0v) is 21.0. The van der Waals surface area contributed by atoms with Gasteiger partial charge in [-0.05, 0) is 60.0 Å². The number of hydrogen-bond donors (Lipinski definition) is 0. The molecule has 0 aromatic carbocycles. The van der Waals surface area contributed by atoms with E-state index in [1.165, 1.54) is 72.3 Å². The number of rotatable bonds is 14. The van der Waals surface area contributed by atoms with E-state index in [0.29, 0.717) is 0 Å². The lowest BCUT2D eigenvalue weighted by Crippen LogP contribution is -2.44. The van der Waals surface area contributed by atoms with Gasteiger partial charge in [0.2, 0.25) is 0 Å². The lowest BCUT2D eigenvalue weighted by molar-refractivity contribution is 0.523. The SMILES string of the molecule is C[Si](C)(CCCCCCI)O[Si](C)(C)CCCCCCI. The van der Waals surface area contributed by atoms with Crippen LogP contribution < -0.4 is 0 Å². The molecule has 0 bridgehead atoms. The maximum Gasteiger partial charge on any atom is 0.173 e. The second-order valence-corrected chi connectivity index (χ2v) is 18.3. The lowest BCUT2D eigenvalue weighted by Gasteiger charge is -2.34.